The molecule has 25 heavy (non-hydrogen) atoms. The number of rotatable bonds is 2. The maximum atomic E-state index is 14.1. The van der Waals surface area contributed by atoms with E-state index in [0.717, 1.165) is 11.3 Å². The fraction of sp³-hybridized carbons (Fsp3) is 0.294. The van der Waals surface area contributed by atoms with Gasteiger partial charge in [0.05, 0.1) is 5.57 Å². The van der Waals surface area contributed by atoms with Crippen molar-refractivity contribution in [2.75, 3.05) is 0 Å². The Morgan fingerprint density at radius 3 is 1.88 bits per heavy atom. The molecule has 0 atom stereocenters. The molecule has 0 unspecified atom stereocenters. The van der Waals surface area contributed by atoms with E-state index >= 15 is 0 Å². The van der Waals surface area contributed by atoms with Crippen LogP contribution in [0.15, 0.2) is 36.2 Å². The molecule has 0 radical (unpaired) electrons. The fourth-order valence-corrected chi connectivity index (χ4v) is 4.11. The second-order valence-corrected chi connectivity index (χ2v) is 6.99. The summed E-state index contributed by atoms with van der Waals surface area (Å²) >= 11 is 0.960. The lowest BCUT2D eigenvalue weighted by Crippen LogP contribution is -2.48. The van der Waals surface area contributed by atoms with Gasteiger partial charge in [-0.15, -0.1) is 11.3 Å². The van der Waals surface area contributed by atoms with Crippen LogP contribution in [-0.4, -0.2) is 17.8 Å². The maximum Gasteiger partial charge on any atom is 0.383 e. The third-order valence-corrected chi connectivity index (χ3v) is 5.46. The van der Waals surface area contributed by atoms with Gasteiger partial charge < -0.3 is 0 Å². The Labute approximate surface area is 142 Å². The molecular weight excluding hydrogens is 369 g/mol. The van der Waals surface area contributed by atoms with Crippen LogP contribution in [0.2, 0.25) is 0 Å². The number of hydrogen-bond acceptors (Lipinski definition) is 1. The van der Waals surface area contributed by atoms with Gasteiger partial charge in [-0.1, -0.05) is 30.3 Å². The maximum absolute atomic E-state index is 14.1. The van der Waals surface area contributed by atoms with Gasteiger partial charge in [0.15, 0.2) is 5.83 Å². The van der Waals surface area contributed by atoms with Gasteiger partial charge in [-0.2, -0.15) is 26.3 Å². The molecule has 0 nitrogen and oxygen atoms in total. The van der Waals surface area contributed by atoms with Crippen molar-refractivity contribution in [1.82, 2.24) is 0 Å². The van der Waals surface area contributed by atoms with E-state index in [0.29, 0.717) is 10.4 Å². The van der Waals surface area contributed by atoms with Crippen LogP contribution in [0.5, 0.6) is 0 Å². The molecule has 1 aromatic heterocycles. The molecule has 0 saturated carbocycles. The molecular formula is C17H11F7S. The normalized spacial score (nSPS) is 21.0. The molecule has 134 valence electrons. The summed E-state index contributed by atoms with van der Waals surface area (Å²) in [5, 5.41) is 0. The van der Waals surface area contributed by atoms with Crippen molar-refractivity contribution in [3.8, 4) is 10.4 Å². The summed E-state index contributed by atoms with van der Waals surface area (Å²) in [4.78, 5) is 0.498. The summed E-state index contributed by atoms with van der Waals surface area (Å²) in [6.45, 7) is 2.64. The average molecular weight is 380 g/mol. The highest BCUT2D eigenvalue weighted by molar-refractivity contribution is 7.16. The molecule has 2 aromatic rings. The highest BCUT2D eigenvalue weighted by Gasteiger charge is 2.81. The molecule has 3 rings (SSSR count). The summed E-state index contributed by atoms with van der Waals surface area (Å²) < 4.78 is 96.1. The van der Waals surface area contributed by atoms with Gasteiger partial charge in [0.2, 0.25) is 0 Å². The number of halogens is 7. The number of hydrogen-bond donors (Lipinski definition) is 0. The van der Waals surface area contributed by atoms with E-state index < -0.39 is 34.7 Å². The van der Waals surface area contributed by atoms with Crippen LogP contribution in [-0.2, 0) is 0 Å². The number of alkyl halides is 6. The molecule has 1 aliphatic rings. The minimum Gasteiger partial charge on any atom is -0.204 e. The highest BCUT2D eigenvalue weighted by atomic mass is 32.1. The van der Waals surface area contributed by atoms with Gasteiger partial charge in [-0.05, 0) is 25.0 Å². The Morgan fingerprint density at radius 1 is 0.840 bits per heavy atom. The SMILES string of the molecule is Cc1sc(-c2ccccc2)c(C)c1C1=C(F)C(F)(F)C(F)(F)C1(F)F. The standard InChI is InChI=1S/C17H11F7S/c1-8-11(9(2)25-13(8)10-6-4-3-5-7-10)12-14(18)16(21,22)17(23,24)15(12,19)20/h3-7H,1-2H3. The lowest BCUT2D eigenvalue weighted by atomic mass is 9.96. The summed E-state index contributed by atoms with van der Waals surface area (Å²) in [6.07, 6.45) is 0. The minimum absolute atomic E-state index is 0.0621. The van der Waals surface area contributed by atoms with Crippen LogP contribution >= 0.6 is 11.3 Å². The second kappa shape index (κ2) is 5.33. The summed E-state index contributed by atoms with van der Waals surface area (Å²) in [7, 11) is 0. The fourth-order valence-electron chi connectivity index (χ4n) is 2.94. The molecule has 0 aliphatic heterocycles. The molecule has 0 N–H and O–H groups in total. The molecule has 0 bridgehead atoms. The Hall–Kier alpha value is -1.83. The van der Waals surface area contributed by atoms with Crippen molar-refractivity contribution in [3.63, 3.8) is 0 Å². The summed E-state index contributed by atoms with van der Waals surface area (Å²) in [5.74, 6) is -19.5. The van der Waals surface area contributed by atoms with Crippen LogP contribution in [0.25, 0.3) is 16.0 Å². The van der Waals surface area contributed by atoms with Crippen molar-refractivity contribution in [2.45, 2.75) is 31.6 Å². The van der Waals surface area contributed by atoms with Crippen LogP contribution in [0.3, 0.4) is 0 Å². The van der Waals surface area contributed by atoms with Gasteiger partial charge in [0.25, 0.3) is 0 Å². The first kappa shape index (κ1) is 18.0. The van der Waals surface area contributed by atoms with Gasteiger partial charge in [0.1, 0.15) is 0 Å². The third kappa shape index (κ3) is 2.19. The molecule has 1 heterocycles. The van der Waals surface area contributed by atoms with Gasteiger partial charge >= 0.3 is 17.8 Å². The molecule has 0 fully saturated rings. The number of benzene rings is 1. The minimum atomic E-state index is -5.83. The van der Waals surface area contributed by atoms with Crippen LogP contribution in [0.1, 0.15) is 16.0 Å². The molecule has 0 amide bonds. The lowest BCUT2D eigenvalue weighted by molar-refractivity contribution is -0.263. The highest BCUT2D eigenvalue weighted by Crippen LogP contribution is 2.63. The number of thiophene rings is 1. The molecule has 0 saturated heterocycles. The molecule has 1 aromatic carbocycles. The first-order chi connectivity index (χ1) is 11.4. The Bertz CT molecular complexity index is 863. The van der Waals surface area contributed by atoms with Gasteiger partial charge in [-0.3, -0.25) is 0 Å². The third-order valence-electron chi connectivity index (χ3n) is 4.21. The first-order valence-electron chi connectivity index (χ1n) is 7.14. The van der Waals surface area contributed by atoms with Gasteiger partial charge in [0, 0.05) is 15.3 Å². The van der Waals surface area contributed by atoms with Crippen molar-refractivity contribution in [2.24, 2.45) is 0 Å². The predicted molar refractivity (Wildman–Crippen MR) is 82.1 cm³/mol. The topological polar surface area (TPSA) is 0 Å². The first-order valence-corrected chi connectivity index (χ1v) is 7.96. The van der Waals surface area contributed by atoms with E-state index in [9.17, 15) is 30.7 Å². The number of aryl methyl sites for hydroxylation is 1. The zero-order valence-electron chi connectivity index (χ0n) is 12.9. The lowest BCUT2D eigenvalue weighted by Gasteiger charge is -2.24. The second-order valence-electron chi connectivity index (χ2n) is 5.77. The largest absolute Gasteiger partial charge is 0.383 e. The van der Waals surface area contributed by atoms with Crippen LogP contribution in [0, 0.1) is 13.8 Å². The molecule has 1 aliphatic carbocycles. The Morgan fingerprint density at radius 2 is 1.40 bits per heavy atom. The summed E-state index contributed by atoms with van der Waals surface area (Å²) in [6, 6.07) is 8.38. The number of allylic oxidation sites excluding steroid dienone is 2. The smallest absolute Gasteiger partial charge is 0.204 e. The van der Waals surface area contributed by atoms with E-state index in [1.165, 1.54) is 13.8 Å². The van der Waals surface area contributed by atoms with Crippen molar-refractivity contribution >= 4 is 16.9 Å². The monoisotopic (exact) mass is 380 g/mol. The predicted octanol–water partition coefficient (Wildman–Crippen LogP) is 6.63. The van der Waals surface area contributed by atoms with Crippen molar-refractivity contribution < 1.29 is 30.7 Å². The van der Waals surface area contributed by atoms with Crippen molar-refractivity contribution in [1.29, 1.82) is 0 Å². The molecule has 8 heteroatoms. The quantitative estimate of drug-likeness (QED) is 0.513. The van der Waals surface area contributed by atoms with Crippen LogP contribution < -0.4 is 0 Å². The van der Waals surface area contributed by atoms with Crippen molar-refractivity contribution in [3.05, 3.63) is 52.2 Å². The van der Waals surface area contributed by atoms with E-state index in [2.05, 4.69) is 0 Å². The van der Waals surface area contributed by atoms with Crippen LogP contribution in [0.4, 0.5) is 30.7 Å². The average Bonchev–Trinajstić information content (AvgIpc) is 2.87. The zero-order valence-corrected chi connectivity index (χ0v) is 13.8. The van der Waals surface area contributed by atoms with Gasteiger partial charge in [-0.25, -0.2) is 4.39 Å². The van der Waals surface area contributed by atoms with E-state index in [1.54, 1.807) is 30.3 Å². The molecule has 0 spiro atoms. The zero-order chi connectivity index (χ0) is 18.8. The Balaban J connectivity index is 2.28. The van der Waals surface area contributed by atoms with E-state index in [1.807, 2.05) is 0 Å². The van der Waals surface area contributed by atoms with E-state index in [4.69, 9.17) is 0 Å². The van der Waals surface area contributed by atoms with E-state index in [-0.39, 0.29) is 10.4 Å². The Kier molecular flexibility index (Phi) is 3.83. The summed E-state index contributed by atoms with van der Waals surface area (Å²) in [5.41, 5.74) is -1.84.